The molecule has 0 aliphatic rings. The van der Waals surface area contributed by atoms with E-state index < -0.39 is 0 Å². The van der Waals surface area contributed by atoms with Gasteiger partial charge in [0.2, 0.25) is 0 Å². The van der Waals surface area contributed by atoms with Crippen molar-refractivity contribution in [3.8, 4) is 23.0 Å². The summed E-state index contributed by atoms with van der Waals surface area (Å²) >= 11 is 3.51. The number of benzene rings is 3. The van der Waals surface area contributed by atoms with Gasteiger partial charge in [0.1, 0.15) is 11.5 Å². The number of hydrogen-bond donors (Lipinski definition) is 0. The Labute approximate surface area is 138 Å². The van der Waals surface area contributed by atoms with Crippen LogP contribution in [0.3, 0.4) is 0 Å². The third kappa shape index (κ3) is 3.49. The lowest BCUT2D eigenvalue weighted by molar-refractivity contribution is 0.416. The molecule has 0 heterocycles. The highest BCUT2D eigenvalue weighted by Gasteiger charge is 2.12. The Morgan fingerprint density at radius 1 is 0.636 bits per heavy atom. The fourth-order valence-corrected chi connectivity index (χ4v) is 2.53. The number of hydrogen-bond acceptors (Lipinski definition) is 2. The van der Waals surface area contributed by atoms with Gasteiger partial charge in [0.15, 0.2) is 11.5 Å². The molecule has 0 spiro atoms. The molecular formula is C19H15BrO2. The average molecular weight is 355 g/mol. The predicted octanol–water partition coefficient (Wildman–Crippen LogP) is 6.17. The summed E-state index contributed by atoms with van der Waals surface area (Å²) < 4.78 is 12.0. The molecule has 0 fully saturated rings. The maximum atomic E-state index is 6.05. The molecule has 0 radical (unpaired) electrons. The normalized spacial score (nSPS) is 10.2. The molecule has 0 amide bonds. The predicted molar refractivity (Wildman–Crippen MR) is 92.1 cm³/mol. The lowest BCUT2D eigenvalue weighted by atomic mass is 10.2. The summed E-state index contributed by atoms with van der Waals surface area (Å²) in [6.07, 6.45) is 0. The Bertz CT molecular complexity index is 727. The fraction of sp³-hybridized carbons (Fsp3) is 0.0526. The van der Waals surface area contributed by atoms with Gasteiger partial charge in [0, 0.05) is 10.9 Å². The van der Waals surface area contributed by atoms with Crippen molar-refractivity contribution < 1.29 is 9.47 Å². The molecule has 3 rings (SSSR count). The minimum absolute atomic E-state index is 0.696. The van der Waals surface area contributed by atoms with Gasteiger partial charge < -0.3 is 9.47 Å². The number of alkyl halides is 1. The van der Waals surface area contributed by atoms with E-state index in [9.17, 15) is 0 Å². The second-order valence-electron chi connectivity index (χ2n) is 4.71. The van der Waals surface area contributed by atoms with Crippen molar-refractivity contribution in [3.05, 3.63) is 84.4 Å². The van der Waals surface area contributed by atoms with E-state index in [-0.39, 0.29) is 0 Å². The van der Waals surface area contributed by atoms with E-state index in [4.69, 9.17) is 9.47 Å². The van der Waals surface area contributed by atoms with Gasteiger partial charge in [-0.1, -0.05) is 64.5 Å². The standard InChI is InChI=1S/C19H15BrO2/c20-14-15-8-7-13-18(21-16-9-3-1-4-10-16)19(15)22-17-11-5-2-6-12-17/h1-13H,14H2. The number of para-hydroxylation sites is 3. The van der Waals surface area contributed by atoms with Gasteiger partial charge in [-0.15, -0.1) is 0 Å². The van der Waals surface area contributed by atoms with E-state index in [2.05, 4.69) is 15.9 Å². The van der Waals surface area contributed by atoms with Crippen LogP contribution in [0, 0.1) is 0 Å². The first-order chi connectivity index (χ1) is 10.9. The van der Waals surface area contributed by atoms with E-state index >= 15 is 0 Å². The molecule has 110 valence electrons. The first-order valence-corrected chi connectivity index (χ1v) is 8.12. The second kappa shape index (κ2) is 7.14. The van der Waals surface area contributed by atoms with Gasteiger partial charge in [-0.05, 0) is 30.3 Å². The Morgan fingerprint density at radius 2 is 1.23 bits per heavy atom. The molecule has 3 aromatic carbocycles. The van der Waals surface area contributed by atoms with Gasteiger partial charge in [-0.2, -0.15) is 0 Å². The molecule has 0 saturated heterocycles. The third-order valence-electron chi connectivity index (χ3n) is 3.14. The molecule has 0 N–H and O–H groups in total. The van der Waals surface area contributed by atoms with Crippen LogP contribution in [0.15, 0.2) is 78.9 Å². The zero-order chi connectivity index (χ0) is 15.2. The van der Waals surface area contributed by atoms with Crippen LogP contribution in [-0.2, 0) is 5.33 Å². The van der Waals surface area contributed by atoms with Crippen LogP contribution in [-0.4, -0.2) is 0 Å². The number of rotatable bonds is 5. The monoisotopic (exact) mass is 354 g/mol. The minimum Gasteiger partial charge on any atom is -0.453 e. The molecule has 0 atom stereocenters. The molecule has 0 unspecified atom stereocenters. The van der Waals surface area contributed by atoms with E-state index in [0.717, 1.165) is 22.8 Å². The van der Waals surface area contributed by atoms with Crippen molar-refractivity contribution in [2.75, 3.05) is 0 Å². The van der Waals surface area contributed by atoms with Gasteiger partial charge in [0.05, 0.1) is 0 Å². The first-order valence-electron chi connectivity index (χ1n) is 7.00. The van der Waals surface area contributed by atoms with Crippen molar-refractivity contribution in [2.45, 2.75) is 5.33 Å². The van der Waals surface area contributed by atoms with Gasteiger partial charge in [-0.25, -0.2) is 0 Å². The van der Waals surface area contributed by atoms with Crippen LogP contribution in [0.2, 0.25) is 0 Å². The summed E-state index contributed by atoms with van der Waals surface area (Å²) in [6.45, 7) is 0. The van der Waals surface area contributed by atoms with Crippen LogP contribution >= 0.6 is 15.9 Å². The Hall–Kier alpha value is -2.26. The van der Waals surface area contributed by atoms with Crippen LogP contribution < -0.4 is 9.47 Å². The zero-order valence-electron chi connectivity index (χ0n) is 11.9. The maximum Gasteiger partial charge on any atom is 0.173 e. The van der Waals surface area contributed by atoms with E-state index in [1.165, 1.54) is 0 Å². The summed E-state index contributed by atoms with van der Waals surface area (Å²) in [5.41, 5.74) is 1.04. The minimum atomic E-state index is 0.696. The highest BCUT2D eigenvalue weighted by molar-refractivity contribution is 9.08. The molecule has 3 heteroatoms. The number of halogens is 1. The zero-order valence-corrected chi connectivity index (χ0v) is 13.5. The third-order valence-corrected chi connectivity index (χ3v) is 3.74. The largest absolute Gasteiger partial charge is 0.453 e. The lowest BCUT2D eigenvalue weighted by Gasteiger charge is -2.15. The van der Waals surface area contributed by atoms with E-state index in [0.29, 0.717) is 11.1 Å². The SMILES string of the molecule is BrCc1cccc(Oc2ccccc2)c1Oc1ccccc1. The Kier molecular flexibility index (Phi) is 4.76. The molecule has 22 heavy (non-hydrogen) atoms. The van der Waals surface area contributed by atoms with Crippen LogP contribution in [0.1, 0.15) is 5.56 Å². The van der Waals surface area contributed by atoms with Crippen molar-refractivity contribution in [1.29, 1.82) is 0 Å². The summed E-state index contributed by atoms with van der Waals surface area (Å²) in [5, 5.41) is 0.696. The molecule has 0 saturated carbocycles. The van der Waals surface area contributed by atoms with Crippen molar-refractivity contribution in [2.24, 2.45) is 0 Å². The average Bonchev–Trinajstić information content (AvgIpc) is 2.58. The quantitative estimate of drug-likeness (QED) is 0.510. The molecule has 0 aliphatic heterocycles. The van der Waals surface area contributed by atoms with Gasteiger partial charge in [-0.3, -0.25) is 0 Å². The lowest BCUT2D eigenvalue weighted by Crippen LogP contribution is -1.94. The molecule has 2 nitrogen and oxygen atoms in total. The molecular weight excluding hydrogens is 340 g/mol. The Morgan fingerprint density at radius 3 is 1.82 bits per heavy atom. The summed E-state index contributed by atoms with van der Waals surface area (Å²) in [4.78, 5) is 0. The summed E-state index contributed by atoms with van der Waals surface area (Å²) in [6, 6.07) is 25.3. The van der Waals surface area contributed by atoms with Crippen molar-refractivity contribution >= 4 is 15.9 Å². The van der Waals surface area contributed by atoms with Crippen LogP contribution in [0.5, 0.6) is 23.0 Å². The summed E-state index contributed by atoms with van der Waals surface area (Å²) in [7, 11) is 0. The van der Waals surface area contributed by atoms with E-state index in [1.54, 1.807) is 0 Å². The van der Waals surface area contributed by atoms with Crippen LogP contribution in [0.4, 0.5) is 0 Å². The number of ether oxygens (including phenoxy) is 2. The summed E-state index contributed by atoms with van der Waals surface area (Å²) in [5.74, 6) is 3.00. The topological polar surface area (TPSA) is 18.5 Å². The van der Waals surface area contributed by atoms with Gasteiger partial charge in [0.25, 0.3) is 0 Å². The maximum absolute atomic E-state index is 6.05. The Balaban J connectivity index is 1.95. The second-order valence-corrected chi connectivity index (χ2v) is 5.27. The van der Waals surface area contributed by atoms with Crippen LogP contribution in [0.25, 0.3) is 0 Å². The fourth-order valence-electron chi connectivity index (χ4n) is 2.08. The smallest absolute Gasteiger partial charge is 0.173 e. The highest BCUT2D eigenvalue weighted by Crippen LogP contribution is 2.38. The first kappa shape index (κ1) is 14.7. The highest BCUT2D eigenvalue weighted by atomic mass is 79.9. The van der Waals surface area contributed by atoms with Crippen molar-refractivity contribution in [3.63, 3.8) is 0 Å². The van der Waals surface area contributed by atoms with E-state index in [1.807, 2.05) is 78.9 Å². The molecule has 0 bridgehead atoms. The molecule has 0 aromatic heterocycles. The van der Waals surface area contributed by atoms with Gasteiger partial charge >= 0.3 is 0 Å². The molecule has 3 aromatic rings. The van der Waals surface area contributed by atoms with Crippen molar-refractivity contribution in [1.82, 2.24) is 0 Å². The molecule has 0 aliphatic carbocycles.